The highest BCUT2D eigenvalue weighted by Crippen LogP contribution is 2.44. The lowest BCUT2D eigenvalue weighted by molar-refractivity contribution is -0.683. The topological polar surface area (TPSA) is 87.3 Å². The summed E-state index contributed by atoms with van der Waals surface area (Å²) in [6, 6.07) is 14.5. The third-order valence-electron chi connectivity index (χ3n) is 6.80. The third-order valence-corrected chi connectivity index (χ3v) is 8.39. The first kappa shape index (κ1) is 34.1. The Labute approximate surface area is 255 Å². The fourth-order valence-electron chi connectivity index (χ4n) is 4.36. The average Bonchev–Trinajstić information content (AvgIpc) is 3.50. The van der Waals surface area contributed by atoms with E-state index in [1.54, 1.807) is 23.5 Å². The lowest BCUT2D eigenvalue weighted by Gasteiger charge is -2.19. The van der Waals surface area contributed by atoms with Gasteiger partial charge < -0.3 is 18.7 Å². The van der Waals surface area contributed by atoms with Gasteiger partial charge in [0.2, 0.25) is 5.51 Å². The van der Waals surface area contributed by atoms with Crippen molar-refractivity contribution in [2.45, 2.75) is 83.8 Å². The number of unbranched alkanes of at least 4 members (excludes halogenated alkanes) is 9. The van der Waals surface area contributed by atoms with Crippen LogP contribution in [0.5, 0.6) is 17.2 Å². The molecule has 0 radical (unpaired) electrons. The first-order chi connectivity index (χ1) is 20.5. The third kappa shape index (κ3) is 14.2. The molecule has 1 N–H and O–H groups in total. The molecule has 1 heterocycles. The number of methoxy groups -OCH3 is 1. The summed E-state index contributed by atoms with van der Waals surface area (Å²) in [4.78, 5) is 10.2. The zero-order valence-corrected chi connectivity index (χ0v) is 26.7. The molecule has 0 fully saturated rings. The van der Waals surface area contributed by atoms with Crippen molar-refractivity contribution >= 4 is 19.2 Å². The van der Waals surface area contributed by atoms with E-state index in [9.17, 15) is 9.46 Å². The number of aromatic nitrogens is 1. The highest BCUT2D eigenvalue weighted by Gasteiger charge is 2.25. The van der Waals surface area contributed by atoms with Gasteiger partial charge in [-0.15, -0.1) is 0 Å². The number of hydrogen-bond donors (Lipinski definition) is 1. The van der Waals surface area contributed by atoms with Gasteiger partial charge in [-0.25, -0.2) is 4.57 Å². The molecule has 0 amide bonds. The van der Waals surface area contributed by atoms with Crippen molar-refractivity contribution in [2.24, 2.45) is 0 Å². The molecule has 1 aromatic heterocycles. The summed E-state index contributed by atoms with van der Waals surface area (Å²) in [7, 11) is -2.85. The summed E-state index contributed by atoms with van der Waals surface area (Å²) >= 11 is 1.62. The van der Waals surface area contributed by atoms with Crippen LogP contribution in [0.1, 0.15) is 76.7 Å². The summed E-state index contributed by atoms with van der Waals surface area (Å²) in [6.45, 7) is 3.60. The summed E-state index contributed by atoms with van der Waals surface area (Å²) in [5.74, 6) is 1.63. The first-order valence-electron chi connectivity index (χ1n) is 15.0. The minimum Gasteiger partial charge on any atom is -0.493 e. The summed E-state index contributed by atoms with van der Waals surface area (Å²) < 4.78 is 42.1. The maximum atomic E-state index is 12.5. The number of hydrogen-bond acceptors (Lipinski definition) is 7. The van der Waals surface area contributed by atoms with E-state index in [0.29, 0.717) is 18.9 Å². The summed E-state index contributed by atoms with van der Waals surface area (Å²) in [6.07, 6.45) is 14.3. The van der Waals surface area contributed by atoms with Gasteiger partial charge in [-0.3, -0.25) is 9.42 Å². The Balaban J connectivity index is 1.31. The number of nitrogens with zero attached hydrogens (tertiary/aromatic N) is 1. The number of thiazole rings is 1. The number of phosphoric ester groups is 1. The molecule has 3 rings (SSSR count). The monoisotopic (exact) mass is 620 g/mol. The second kappa shape index (κ2) is 19.7. The molecule has 0 saturated heterocycles. The van der Waals surface area contributed by atoms with E-state index in [1.165, 1.54) is 64.9 Å². The predicted octanol–water partition coefficient (Wildman–Crippen LogP) is 7.97. The Morgan fingerprint density at radius 3 is 2.17 bits per heavy atom. The van der Waals surface area contributed by atoms with E-state index in [4.69, 9.17) is 23.3 Å². The van der Waals surface area contributed by atoms with Crippen LogP contribution in [0.4, 0.5) is 0 Å². The van der Waals surface area contributed by atoms with Crippen LogP contribution in [0, 0.1) is 0 Å². The van der Waals surface area contributed by atoms with E-state index in [-0.39, 0.29) is 19.0 Å². The molecule has 0 bridgehead atoms. The van der Waals surface area contributed by atoms with E-state index < -0.39 is 13.9 Å². The number of phosphoric acid groups is 1. The van der Waals surface area contributed by atoms with Gasteiger partial charge >= 0.3 is 7.82 Å². The lowest BCUT2D eigenvalue weighted by atomic mass is 10.1. The Kier molecular flexibility index (Phi) is 16.0. The molecular formula is C32H47NO7PS+. The van der Waals surface area contributed by atoms with Crippen molar-refractivity contribution in [2.75, 3.05) is 26.9 Å². The first-order valence-corrected chi connectivity index (χ1v) is 17.5. The smallest absolute Gasteiger partial charge is 0.493 e. The van der Waals surface area contributed by atoms with Crippen molar-refractivity contribution in [3.8, 4) is 17.2 Å². The molecule has 2 unspecified atom stereocenters. The van der Waals surface area contributed by atoms with Crippen LogP contribution in [-0.4, -0.2) is 37.9 Å². The van der Waals surface area contributed by atoms with Crippen LogP contribution in [0.15, 0.2) is 65.6 Å². The molecule has 0 aliphatic rings. The maximum Gasteiger partial charge on any atom is 0.527 e. The molecule has 2 atom stereocenters. The predicted molar refractivity (Wildman–Crippen MR) is 167 cm³/mol. The molecule has 0 spiro atoms. The number of rotatable bonds is 23. The molecule has 232 valence electrons. The zero-order valence-electron chi connectivity index (χ0n) is 25.0. The Morgan fingerprint density at radius 2 is 1.52 bits per heavy atom. The van der Waals surface area contributed by atoms with Crippen molar-refractivity contribution in [3.05, 3.63) is 71.2 Å². The lowest BCUT2D eigenvalue weighted by Crippen LogP contribution is -2.30. The second-order valence-electron chi connectivity index (χ2n) is 10.4. The van der Waals surface area contributed by atoms with Crippen LogP contribution in [0.3, 0.4) is 0 Å². The van der Waals surface area contributed by atoms with Crippen LogP contribution < -0.4 is 18.6 Å². The molecule has 42 heavy (non-hydrogen) atoms. The molecule has 0 aliphatic heterocycles. The summed E-state index contributed by atoms with van der Waals surface area (Å²) in [5.41, 5.74) is 3.06. The summed E-state index contributed by atoms with van der Waals surface area (Å²) in [5, 5.41) is 2.00. The molecular weight excluding hydrogens is 573 g/mol. The largest absolute Gasteiger partial charge is 0.527 e. The quantitative estimate of drug-likeness (QED) is 0.0654. The highest BCUT2D eigenvalue weighted by atomic mass is 32.1. The fraction of sp³-hybridized carbons (Fsp3) is 0.531. The van der Waals surface area contributed by atoms with Gasteiger partial charge in [0, 0.05) is 18.7 Å². The molecule has 3 aromatic rings. The van der Waals surface area contributed by atoms with Crippen LogP contribution in [0.2, 0.25) is 0 Å². The van der Waals surface area contributed by atoms with Crippen molar-refractivity contribution in [3.63, 3.8) is 0 Å². The van der Waals surface area contributed by atoms with Crippen LogP contribution in [-0.2, 0) is 20.4 Å². The Morgan fingerprint density at radius 1 is 0.857 bits per heavy atom. The molecule has 8 nitrogen and oxygen atoms in total. The van der Waals surface area contributed by atoms with Gasteiger partial charge in [-0.05, 0) is 42.8 Å². The minimum absolute atomic E-state index is 0.132. The standard InChI is InChI=1S/C32H46NO7PS/c1-3-4-5-6-7-8-9-10-11-12-21-37-30-14-13-15-31(23-30)38-25-32(36-2)26-39-41(34,35)40-29-18-16-28(17-19-29)24-33-20-22-42-27-33/h13-20,22-23,27,32H,3-12,21,24-26H2,1-2H3/p+1. The molecule has 0 saturated carbocycles. The van der Waals surface area contributed by atoms with E-state index in [0.717, 1.165) is 17.7 Å². The van der Waals surface area contributed by atoms with Crippen LogP contribution in [0.25, 0.3) is 0 Å². The normalized spacial score (nSPS) is 13.4. The van der Waals surface area contributed by atoms with Crippen molar-refractivity contribution in [1.82, 2.24) is 0 Å². The number of ether oxygens (including phenoxy) is 3. The Hall–Kier alpha value is -2.42. The van der Waals surface area contributed by atoms with Gasteiger partial charge in [0.15, 0.2) is 12.7 Å². The second-order valence-corrected chi connectivity index (χ2v) is 12.5. The van der Waals surface area contributed by atoms with Crippen molar-refractivity contribution < 1.29 is 37.3 Å². The highest BCUT2D eigenvalue weighted by molar-refractivity contribution is 7.47. The van der Waals surface area contributed by atoms with Crippen LogP contribution >= 0.6 is 19.2 Å². The molecule has 2 aromatic carbocycles. The van der Waals surface area contributed by atoms with Gasteiger partial charge in [-0.2, -0.15) is 4.57 Å². The fourth-order valence-corrected chi connectivity index (χ4v) is 5.76. The maximum absolute atomic E-state index is 12.5. The van der Waals surface area contributed by atoms with E-state index >= 15 is 0 Å². The van der Waals surface area contributed by atoms with Gasteiger partial charge in [0.25, 0.3) is 0 Å². The van der Waals surface area contributed by atoms with Gasteiger partial charge in [-0.1, -0.05) is 82.1 Å². The van der Waals surface area contributed by atoms with Crippen molar-refractivity contribution in [1.29, 1.82) is 0 Å². The average molecular weight is 621 g/mol. The van der Waals surface area contributed by atoms with Gasteiger partial charge in [0.05, 0.1) is 18.6 Å². The SMILES string of the molecule is CCCCCCCCCCCCOc1cccc(OCC(COP(=O)(O)Oc2ccc(C[n+]3ccsc3)cc2)OC)c1. The number of benzene rings is 2. The van der Waals surface area contributed by atoms with E-state index in [1.807, 2.05) is 53.5 Å². The minimum atomic E-state index is -4.35. The zero-order chi connectivity index (χ0) is 29.9. The van der Waals surface area contributed by atoms with E-state index in [2.05, 4.69) is 11.5 Å². The Bertz CT molecular complexity index is 1160. The molecule has 10 heteroatoms. The molecule has 0 aliphatic carbocycles. The van der Waals surface area contributed by atoms with Gasteiger partial charge in [0.1, 0.15) is 30.0 Å².